The lowest BCUT2D eigenvalue weighted by atomic mass is 9.96. The van der Waals surface area contributed by atoms with Crippen molar-refractivity contribution in [3.8, 4) is 0 Å². The van der Waals surface area contributed by atoms with Crippen LogP contribution < -0.4 is 5.32 Å². The van der Waals surface area contributed by atoms with Crippen LogP contribution in [0.4, 0.5) is 5.69 Å². The van der Waals surface area contributed by atoms with Crippen molar-refractivity contribution in [3.05, 3.63) is 53.8 Å². The molecule has 0 saturated heterocycles. The summed E-state index contributed by atoms with van der Waals surface area (Å²) in [5, 5.41) is 13.6. The molecule has 1 atom stereocenters. The van der Waals surface area contributed by atoms with E-state index in [0.717, 1.165) is 23.4 Å². The summed E-state index contributed by atoms with van der Waals surface area (Å²) in [6.07, 6.45) is 6.84. The van der Waals surface area contributed by atoms with Gasteiger partial charge in [0.25, 0.3) is 0 Å². The fraction of sp³-hybridized carbons (Fsp3) is 0.333. The van der Waals surface area contributed by atoms with Crippen LogP contribution in [0.25, 0.3) is 0 Å². The molecule has 96 valence electrons. The Morgan fingerprint density at radius 2 is 2.06 bits per heavy atom. The third-order valence-corrected chi connectivity index (χ3v) is 3.24. The lowest BCUT2D eigenvalue weighted by molar-refractivity contribution is 0.0793. The number of rotatable bonds is 3. The summed E-state index contributed by atoms with van der Waals surface area (Å²) in [6.45, 7) is 3.57. The number of nitrogens with one attached hydrogen (secondary N) is 1. The fourth-order valence-corrected chi connectivity index (χ4v) is 2.13. The van der Waals surface area contributed by atoms with Gasteiger partial charge in [0.1, 0.15) is 0 Å². The molecule has 0 spiro atoms. The molecule has 0 saturated carbocycles. The van der Waals surface area contributed by atoms with Crippen LogP contribution in [0.1, 0.15) is 25.8 Å². The summed E-state index contributed by atoms with van der Waals surface area (Å²) < 4.78 is 0. The lowest BCUT2D eigenvalue weighted by Gasteiger charge is -2.23. The molecule has 2 N–H and O–H groups in total. The zero-order chi connectivity index (χ0) is 13.2. The van der Waals surface area contributed by atoms with Gasteiger partial charge in [0.05, 0.1) is 11.0 Å². The van der Waals surface area contributed by atoms with Crippen molar-refractivity contribution in [2.24, 2.45) is 0 Å². The average molecular weight is 264 g/mol. The molecule has 0 aliphatic heterocycles. The molecule has 0 fully saturated rings. The third-order valence-electron chi connectivity index (χ3n) is 2.91. The first-order chi connectivity index (χ1) is 8.47. The molecule has 0 aromatic heterocycles. The highest BCUT2D eigenvalue weighted by Gasteiger charge is 2.19. The number of hydrogen-bond donors (Lipinski definition) is 2. The Hall–Kier alpha value is -1.25. The zero-order valence-corrected chi connectivity index (χ0v) is 11.4. The Morgan fingerprint density at radius 3 is 2.67 bits per heavy atom. The Balaban J connectivity index is 2.23. The number of alkyl halides is 1. The van der Waals surface area contributed by atoms with Crippen molar-refractivity contribution in [3.63, 3.8) is 0 Å². The molecule has 1 aliphatic rings. The van der Waals surface area contributed by atoms with Crippen LogP contribution in [0.2, 0.25) is 0 Å². The van der Waals surface area contributed by atoms with E-state index in [0.29, 0.717) is 0 Å². The van der Waals surface area contributed by atoms with Crippen molar-refractivity contribution in [2.75, 3.05) is 5.32 Å². The fourth-order valence-electron chi connectivity index (χ4n) is 1.97. The largest absolute Gasteiger partial charge is 0.386 e. The van der Waals surface area contributed by atoms with Crippen LogP contribution in [0.5, 0.6) is 0 Å². The summed E-state index contributed by atoms with van der Waals surface area (Å²) in [6, 6.07) is 7.78. The monoisotopic (exact) mass is 263 g/mol. The van der Waals surface area contributed by atoms with Crippen molar-refractivity contribution in [1.82, 2.24) is 0 Å². The van der Waals surface area contributed by atoms with Crippen LogP contribution in [-0.4, -0.2) is 10.5 Å². The first-order valence-corrected chi connectivity index (χ1v) is 6.52. The van der Waals surface area contributed by atoms with E-state index in [9.17, 15) is 5.11 Å². The highest BCUT2D eigenvalue weighted by molar-refractivity contribution is 6.22. The van der Waals surface area contributed by atoms with E-state index in [2.05, 4.69) is 11.4 Å². The summed E-state index contributed by atoms with van der Waals surface area (Å²) in [7, 11) is 0. The molecule has 1 aliphatic carbocycles. The molecule has 1 unspecified atom stereocenters. The highest BCUT2D eigenvalue weighted by Crippen LogP contribution is 2.29. The lowest BCUT2D eigenvalue weighted by Crippen LogP contribution is -2.18. The second kappa shape index (κ2) is 5.17. The van der Waals surface area contributed by atoms with Gasteiger partial charge in [0.2, 0.25) is 0 Å². The minimum Gasteiger partial charge on any atom is -0.386 e. The van der Waals surface area contributed by atoms with Crippen LogP contribution in [0, 0.1) is 0 Å². The Kier molecular flexibility index (Phi) is 3.79. The maximum Gasteiger partial charge on any atom is 0.0860 e. The van der Waals surface area contributed by atoms with Crippen molar-refractivity contribution in [2.45, 2.75) is 31.2 Å². The second-order valence-electron chi connectivity index (χ2n) is 5.00. The third kappa shape index (κ3) is 3.15. The van der Waals surface area contributed by atoms with E-state index in [1.54, 1.807) is 13.8 Å². The number of allylic oxidation sites excluding steroid dienone is 3. The van der Waals surface area contributed by atoms with Gasteiger partial charge in [0.15, 0.2) is 0 Å². The Bertz CT molecular complexity index is 486. The second-order valence-corrected chi connectivity index (χ2v) is 5.56. The van der Waals surface area contributed by atoms with Gasteiger partial charge in [0, 0.05) is 16.9 Å². The SMILES string of the molecule is CC(C)(O)c1ccccc1NC1=CCC(Cl)C=C1. The molecular formula is C15H18ClNO. The zero-order valence-electron chi connectivity index (χ0n) is 10.7. The maximum atomic E-state index is 10.1. The predicted octanol–water partition coefficient (Wildman–Crippen LogP) is 3.78. The molecule has 18 heavy (non-hydrogen) atoms. The number of hydrogen-bond acceptors (Lipinski definition) is 2. The van der Waals surface area contributed by atoms with Crippen LogP contribution in [0.15, 0.2) is 48.2 Å². The quantitative estimate of drug-likeness (QED) is 0.814. The van der Waals surface area contributed by atoms with E-state index in [4.69, 9.17) is 11.6 Å². The molecule has 1 aromatic carbocycles. The number of halogens is 1. The number of aliphatic hydroxyl groups is 1. The average Bonchev–Trinajstić information content (AvgIpc) is 2.31. The van der Waals surface area contributed by atoms with Crippen LogP contribution >= 0.6 is 11.6 Å². The molecule has 2 rings (SSSR count). The molecule has 0 radical (unpaired) electrons. The summed E-state index contributed by atoms with van der Waals surface area (Å²) in [5.74, 6) is 0. The standard InChI is InChI=1S/C15H18ClNO/c1-15(2,18)13-5-3-4-6-14(13)17-12-9-7-11(16)8-10-12/h3-7,9-11,17-18H,8H2,1-2H3. The molecule has 1 aromatic rings. The maximum absolute atomic E-state index is 10.1. The van der Waals surface area contributed by atoms with E-state index >= 15 is 0 Å². The van der Waals surface area contributed by atoms with Gasteiger partial charge in [-0.05, 0) is 32.4 Å². The van der Waals surface area contributed by atoms with E-state index in [1.165, 1.54) is 0 Å². The van der Waals surface area contributed by atoms with Gasteiger partial charge in [-0.3, -0.25) is 0 Å². The number of para-hydroxylation sites is 1. The van der Waals surface area contributed by atoms with Gasteiger partial charge < -0.3 is 10.4 Å². The number of anilines is 1. The van der Waals surface area contributed by atoms with Crippen molar-refractivity contribution < 1.29 is 5.11 Å². The summed E-state index contributed by atoms with van der Waals surface area (Å²) in [4.78, 5) is 0. The van der Waals surface area contributed by atoms with Gasteiger partial charge in [-0.25, -0.2) is 0 Å². The molecule has 0 bridgehead atoms. The van der Waals surface area contributed by atoms with E-state index in [-0.39, 0.29) is 5.38 Å². The van der Waals surface area contributed by atoms with Crippen molar-refractivity contribution >= 4 is 17.3 Å². The topological polar surface area (TPSA) is 32.3 Å². The molecule has 2 nitrogen and oxygen atoms in total. The van der Waals surface area contributed by atoms with Crippen LogP contribution in [0.3, 0.4) is 0 Å². The summed E-state index contributed by atoms with van der Waals surface area (Å²) in [5.41, 5.74) is 1.96. The van der Waals surface area contributed by atoms with Gasteiger partial charge in [-0.1, -0.05) is 30.4 Å². The summed E-state index contributed by atoms with van der Waals surface area (Å²) >= 11 is 5.99. The minimum atomic E-state index is -0.864. The molecule has 0 heterocycles. The highest BCUT2D eigenvalue weighted by atomic mass is 35.5. The smallest absolute Gasteiger partial charge is 0.0860 e. The molecular weight excluding hydrogens is 246 g/mol. The molecule has 0 amide bonds. The van der Waals surface area contributed by atoms with Gasteiger partial charge in [-0.15, -0.1) is 11.6 Å². The van der Waals surface area contributed by atoms with Crippen molar-refractivity contribution in [1.29, 1.82) is 0 Å². The normalized spacial score (nSPS) is 19.6. The Labute approximate surface area is 113 Å². The van der Waals surface area contributed by atoms with Crippen LogP contribution in [-0.2, 0) is 5.60 Å². The minimum absolute atomic E-state index is 0.0834. The van der Waals surface area contributed by atoms with E-state index < -0.39 is 5.60 Å². The first-order valence-electron chi connectivity index (χ1n) is 6.08. The van der Waals surface area contributed by atoms with Gasteiger partial charge in [-0.2, -0.15) is 0 Å². The van der Waals surface area contributed by atoms with E-state index in [1.807, 2.05) is 36.4 Å². The van der Waals surface area contributed by atoms with Gasteiger partial charge >= 0.3 is 0 Å². The molecule has 3 heteroatoms. The predicted molar refractivity (Wildman–Crippen MR) is 76.8 cm³/mol. The number of benzene rings is 1. The first kappa shape index (κ1) is 13.2. The Morgan fingerprint density at radius 1 is 1.33 bits per heavy atom.